The van der Waals surface area contributed by atoms with E-state index in [1.54, 1.807) is 0 Å². The van der Waals surface area contributed by atoms with Gasteiger partial charge in [0.25, 0.3) is 0 Å². The fourth-order valence-electron chi connectivity index (χ4n) is 1.86. The highest BCUT2D eigenvalue weighted by Gasteiger charge is 2.46. The third kappa shape index (κ3) is 2.60. The summed E-state index contributed by atoms with van der Waals surface area (Å²) in [6.07, 6.45) is -3.17. The fraction of sp³-hybridized carbons (Fsp3) is 0.417. The number of alkyl halides is 3. The lowest BCUT2D eigenvalue weighted by atomic mass is 9.96. The highest BCUT2D eigenvalue weighted by atomic mass is 19.4. The van der Waals surface area contributed by atoms with Crippen molar-refractivity contribution < 1.29 is 18.0 Å². The van der Waals surface area contributed by atoms with Crippen molar-refractivity contribution >= 4 is 5.91 Å². The summed E-state index contributed by atoms with van der Waals surface area (Å²) in [5.41, 5.74) is 0.699. The van der Waals surface area contributed by atoms with Gasteiger partial charge in [-0.15, -0.1) is 0 Å². The molecule has 1 saturated carbocycles. The van der Waals surface area contributed by atoms with Gasteiger partial charge < -0.3 is 5.32 Å². The molecule has 17 heavy (non-hydrogen) atoms. The summed E-state index contributed by atoms with van der Waals surface area (Å²) < 4.78 is 36.1. The molecule has 1 aliphatic carbocycles. The lowest BCUT2D eigenvalue weighted by Crippen LogP contribution is -2.40. The average Bonchev–Trinajstić information content (AvgIpc) is 3.07. The highest BCUT2D eigenvalue weighted by Crippen LogP contribution is 2.47. The number of amides is 1. The molecule has 1 aliphatic rings. The van der Waals surface area contributed by atoms with Crippen LogP contribution in [-0.2, 0) is 10.2 Å². The average molecular weight is 243 g/mol. The first kappa shape index (κ1) is 12.0. The van der Waals surface area contributed by atoms with Crippen molar-refractivity contribution in [3.63, 3.8) is 0 Å². The molecular formula is C12H12F3NO. The Bertz CT molecular complexity index is 410. The van der Waals surface area contributed by atoms with Crippen LogP contribution >= 0.6 is 0 Å². The zero-order chi connectivity index (χ0) is 12.5. The van der Waals surface area contributed by atoms with Gasteiger partial charge in [0.2, 0.25) is 0 Å². The van der Waals surface area contributed by atoms with E-state index in [-0.39, 0.29) is 12.0 Å². The summed E-state index contributed by atoms with van der Waals surface area (Å²) in [5.74, 6) is -1.86. The first-order valence-electron chi connectivity index (χ1n) is 5.35. The van der Waals surface area contributed by atoms with Crippen LogP contribution in [0.2, 0.25) is 0 Å². The second-order valence-electron chi connectivity index (χ2n) is 4.33. The van der Waals surface area contributed by atoms with E-state index in [0.29, 0.717) is 0 Å². The quantitative estimate of drug-likeness (QED) is 0.867. The van der Waals surface area contributed by atoms with Gasteiger partial charge in [0.15, 0.2) is 0 Å². The van der Waals surface area contributed by atoms with Gasteiger partial charge in [0.1, 0.15) is 0 Å². The minimum atomic E-state index is -4.80. The zero-order valence-corrected chi connectivity index (χ0v) is 9.05. The van der Waals surface area contributed by atoms with Crippen molar-refractivity contribution in [1.82, 2.24) is 5.32 Å². The second kappa shape index (κ2) is 4.05. The molecule has 0 aromatic heterocycles. The third-order valence-corrected chi connectivity index (χ3v) is 3.08. The van der Waals surface area contributed by atoms with Crippen LogP contribution in [0.4, 0.5) is 13.2 Å². The van der Waals surface area contributed by atoms with Crippen molar-refractivity contribution in [2.24, 2.45) is 0 Å². The maximum Gasteiger partial charge on any atom is 0.471 e. The lowest BCUT2D eigenvalue weighted by molar-refractivity contribution is -0.173. The smallest absolute Gasteiger partial charge is 0.347 e. The molecule has 1 N–H and O–H groups in total. The number of carbonyl (C=O) groups is 1. The summed E-state index contributed by atoms with van der Waals surface area (Å²) >= 11 is 0. The number of rotatable bonds is 3. The van der Waals surface area contributed by atoms with Crippen molar-refractivity contribution in [2.45, 2.75) is 24.4 Å². The van der Waals surface area contributed by atoms with E-state index in [0.717, 1.165) is 18.4 Å². The summed E-state index contributed by atoms with van der Waals surface area (Å²) in [4.78, 5) is 10.7. The first-order valence-corrected chi connectivity index (χ1v) is 5.35. The van der Waals surface area contributed by atoms with E-state index in [1.165, 1.54) is 0 Å². The van der Waals surface area contributed by atoms with Crippen LogP contribution in [0.1, 0.15) is 18.4 Å². The molecule has 0 atom stereocenters. The van der Waals surface area contributed by atoms with E-state index in [4.69, 9.17) is 0 Å². The van der Waals surface area contributed by atoms with Crippen molar-refractivity contribution in [3.05, 3.63) is 35.9 Å². The van der Waals surface area contributed by atoms with Gasteiger partial charge in [-0.25, -0.2) is 0 Å². The van der Waals surface area contributed by atoms with Crippen LogP contribution in [0.3, 0.4) is 0 Å². The largest absolute Gasteiger partial charge is 0.471 e. The molecular weight excluding hydrogens is 231 g/mol. The molecule has 0 aliphatic heterocycles. The van der Waals surface area contributed by atoms with Crippen LogP contribution in [0, 0.1) is 0 Å². The second-order valence-corrected chi connectivity index (χ2v) is 4.33. The standard InChI is InChI=1S/C12H12F3NO/c13-12(14,15)10(17)16-8-11(6-7-11)9-4-2-1-3-5-9/h1-5H,6-8H2,(H,16,17). The predicted molar refractivity (Wildman–Crippen MR) is 56.4 cm³/mol. The Morgan fingerprint density at radius 3 is 2.29 bits per heavy atom. The van der Waals surface area contributed by atoms with Gasteiger partial charge in [-0.2, -0.15) is 13.2 Å². The molecule has 0 bridgehead atoms. The Morgan fingerprint density at radius 2 is 1.82 bits per heavy atom. The van der Waals surface area contributed by atoms with E-state index in [1.807, 2.05) is 35.6 Å². The van der Waals surface area contributed by atoms with Crippen LogP contribution < -0.4 is 5.32 Å². The van der Waals surface area contributed by atoms with Gasteiger partial charge in [-0.3, -0.25) is 4.79 Å². The van der Waals surface area contributed by atoms with Gasteiger partial charge in [0.05, 0.1) is 0 Å². The Hall–Kier alpha value is -1.52. The molecule has 0 radical (unpaired) electrons. The third-order valence-electron chi connectivity index (χ3n) is 3.08. The van der Waals surface area contributed by atoms with Crippen LogP contribution in [0.5, 0.6) is 0 Å². The number of benzene rings is 1. The van der Waals surface area contributed by atoms with Crippen molar-refractivity contribution in [2.75, 3.05) is 6.54 Å². The molecule has 0 unspecified atom stereocenters. The van der Waals surface area contributed by atoms with Crippen LogP contribution in [0.15, 0.2) is 30.3 Å². The zero-order valence-electron chi connectivity index (χ0n) is 9.05. The number of hydrogen-bond donors (Lipinski definition) is 1. The summed E-state index contributed by atoms with van der Waals surface area (Å²) in [6, 6.07) is 9.31. The first-order chi connectivity index (χ1) is 7.94. The van der Waals surface area contributed by atoms with Crippen LogP contribution in [0.25, 0.3) is 0 Å². The number of halogens is 3. The molecule has 1 fully saturated rings. The van der Waals surface area contributed by atoms with Crippen molar-refractivity contribution in [1.29, 1.82) is 0 Å². The molecule has 1 amide bonds. The summed E-state index contributed by atoms with van der Waals surface area (Å²) in [6.45, 7) is 0.0509. The molecule has 0 spiro atoms. The Balaban J connectivity index is 1.99. The summed E-state index contributed by atoms with van der Waals surface area (Å²) in [7, 11) is 0. The maximum atomic E-state index is 12.0. The maximum absolute atomic E-state index is 12.0. The molecule has 2 nitrogen and oxygen atoms in total. The highest BCUT2D eigenvalue weighted by molar-refractivity contribution is 5.81. The molecule has 1 aromatic carbocycles. The van der Waals surface area contributed by atoms with E-state index < -0.39 is 12.1 Å². The Morgan fingerprint density at radius 1 is 1.24 bits per heavy atom. The molecule has 92 valence electrons. The monoisotopic (exact) mass is 243 g/mol. The van der Waals surface area contributed by atoms with Gasteiger partial charge in [-0.1, -0.05) is 30.3 Å². The van der Waals surface area contributed by atoms with Crippen LogP contribution in [-0.4, -0.2) is 18.6 Å². The number of hydrogen-bond acceptors (Lipinski definition) is 1. The Labute approximate surface area is 96.8 Å². The van der Waals surface area contributed by atoms with Gasteiger partial charge in [0, 0.05) is 12.0 Å². The molecule has 0 heterocycles. The van der Waals surface area contributed by atoms with E-state index in [9.17, 15) is 18.0 Å². The predicted octanol–water partition coefficient (Wildman–Crippen LogP) is 2.40. The minimum absolute atomic E-state index is 0.0509. The topological polar surface area (TPSA) is 29.1 Å². The molecule has 2 rings (SSSR count). The minimum Gasteiger partial charge on any atom is -0.347 e. The lowest BCUT2D eigenvalue weighted by Gasteiger charge is -2.17. The Kier molecular flexibility index (Phi) is 2.85. The summed E-state index contributed by atoms with van der Waals surface area (Å²) in [5, 5.41) is 1.96. The van der Waals surface area contributed by atoms with Crippen molar-refractivity contribution in [3.8, 4) is 0 Å². The normalized spacial score (nSPS) is 17.6. The van der Waals surface area contributed by atoms with E-state index in [2.05, 4.69) is 0 Å². The fourth-order valence-corrected chi connectivity index (χ4v) is 1.86. The SMILES string of the molecule is O=C(NCC1(c2ccccc2)CC1)C(F)(F)F. The van der Waals surface area contributed by atoms with Gasteiger partial charge >= 0.3 is 12.1 Å². The number of carbonyl (C=O) groups excluding carboxylic acids is 1. The van der Waals surface area contributed by atoms with Gasteiger partial charge in [-0.05, 0) is 18.4 Å². The molecule has 0 saturated heterocycles. The molecule has 1 aromatic rings. The molecule has 5 heteroatoms. The number of nitrogens with one attached hydrogen (secondary N) is 1. The van der Waals surface area contributed by atoms with E-state index >= 15 is 0 Å².